The topological polar surface area (TPSA) is 89.3 Å². The van der Waals surface area contributed by atoms with Gasteiger partial charge in [-0.3, -0.25) is 4.79 Å². The molecule has 0 fully saturated rings. The van der Waals surface area contributed by atoms with Gasteiger partial charge in [0.15, 0.2) is 0 Å². The second kappa shape index (κ2) is 3.41. The van der Waals surface area contributed by atoms with E-state index in [0.717, 1.165) is 0 Å². The standard InChI is InChI=1S/C8H18N2O2/c1-7(2,4-9)8(3,5-10)6(11)12/h4-5,9-10H2,1-3H3,(H,11,12). The summed E-state index contributed by atoms with van der Waals surface area (Å²) in [6.45, 7) is 5.67. The Morgan fingerprint density at radius 3 is 1.75 bits per heavy atom. The Balaban J connectivity index is 4.87. The van der Waals surface area contributed by atoms with E-state index < -0.39 is 16.8 Å². The lowest BCUT2D eigenvalue weighted by molar-refractivity contribution is -0.154. The highest BCUT2D eigenvalue weighted by molar-refractivity contribution is 5.75. The minimum atomic E-state index is -0.943. The fourth-order valence-corrected chi connectivity index (χ4v) is 0.878. The molecule has 72 valence electrons. The van der Waals surface area contributed by atoms with Gasteiger partial charge in [0.1, 0.15) is 0 Å². The number of carbonyl (C=O) groups is 1. The van der Waals surface area contributed by atoms with E-state index in [0.29, 0.717) is 6.54 Å². The predicted molar refractivity (Wildman–Crippen MR) is 47.6 cm³/mol. The molecule has 0 aliphatic rings. The summed E-state index contributed by atoms with van der Waals surface area (Å²) < 4.78 is 0. The molecule has 0 aromatic heterocycles. The van der Waals surface area contributed by atoms with E-state index >= 15 is 0 Å². The van der Waals surface area contributed by atoms with Crippen LogP contribution >= 0.6 is 0 Å². The van der Waals surface area contributed by atoms with Crippen LogP contribution < -0.4 is 11.5 Å². The van der Waals surface area contributed by atoms with E-state index in [9.17, 15) is 4.79 Å². The minimum absolute atomic E-state index is 0.104. The van der Waals surface area contributed by atoms with Gasteiger partial charge in [0.25, 0.3) is 0 Å². The zero-order valence-corrected chi connectivity index (χ0v) is 7.92. The molecule has 5 N–H and O–H groups in total. The summed E-state index contributed by atoms with van der Waals surface area (Å²) in [6, 6.07) is 0. The number of aliphatic carboxylic acids is 1. The summed E-state index contributed by atoms with van der Waals surface area (Å²) in [6.07, 6.45) is 0. The largest absolute Gasteiger partial charge is 0.481 e. The molecule has 0 aliphatic heterocycles. The molecular weight excluding hydrogens is 156 g/mol. The van der Waals surface area contributed by atoms with Crippen molar-refractivity contribution in [3.05, 3.63) is 0 Å². The van der Waals surface area contributed by atoms with Gasteiger partial charge >= 0.3 is 5.97 Å². The summed E-state index contributed by atoms with van der Waals surface area (Å²) in [7, 11) is 0. The Morgan fingerprint density at radius 1 is 1.25 bits per heavy atom. The number of rotatable bonds is 4. The number of hydrogen-bond acceptors (Lipinski definition) is 3. The number of nitrogens with two attached hydrogens (primary N) is 2. The van der Waals surface area contributed by atoms with Crippen molar-refractivity contribution in [1.82, 2.24) is 0 Å². The van der Waals surface area contributed by atoms with E-state index in [4.69, 9.17) is 16.6 Å². The smallest absolute Gasteiger partial charge is 0.311 e. The number of carboxylic acids is 1. The summed E-state index contributed by atoms with van der Waals surface area (Å²) in [5, 5.41) is 8.96. The maximum atomic E-state index is 10.9. The third-order valence-corrected chi connectivity index (χ3v) is 2.88. The van der Waals surface area contributed by atoms with Gasteiger partial charge in [-0.05, 0) is 18.9 Å². The maximum Gasteiger partial charge on any atom is 0.311 e. The highest BCUT2D eigenvalue weighted by Crippen LogP contribution is 2.37. The number of hydrogen-bond donors (Lipinski definition) is 3. The lowest BCUT2D eigenvalue weighted by Crippen LogP contribution is -2.51. The third-order valence-electron chi connectivity index (χ3n) is 2.88. The van der Waals surface area contributed by atoms with Crippen LogP contribution in [-0.2, 0) is 4.79 Å². The van der Waals surface area contributed by atoms with Crippen molar-refractivity contribution in [3.8, 4) is 0 Å². The highest BCUT2D eigenvalue weighted by atomic mass is 16.4. The molecule has 0 amide bonds. The molecule has 0 bridgehead atoms. The molecule has 0 spiro atoms. The van der Waals surface area contributed by atoms with Gasteiger partial charge < -0.3 is 16.6 Å². The molecule has 0 radical (unpaired) electrons. The van der Waals surface area contributed by atoms with Crippen LogP contribution in [0.3, 0.4) is 0 Å². The van der Waals surface area contributed by atoms with E-state index in [-0.39, 0.29) is 6.54 Å². The Hall–Kier alpha value is -0.610. The Bertz CT molecular complexity index is 180. The van der Waals surface area contributed by atoms with Gasteiger partial charge in [0.2, 0.25) is 0 Å². The van der Waals surface area contributed by atoms with Crippen molar-refractivity contribution in [2.45, 2.75) is 20.8 Å². The predicted octanol–water partition coefficient (Wildman–Crippen LogP) is 0.0209. The molecule has 4 heteroatoms. The molecule has 0 aromatic rings. The molecule has 0 aliphatic carbocycles. The van der Waals surface area contributed by atoms with Crippen molar-refractivity contribution >= 4 is 5.97 Å². The van der Waals surface area contributed by atoms with Crippen LogP contribution in [0.5, 0.6) is 0 Å². The normalized spacial score (nSPS) is 17.1. The molecule has 1 unspecified atom stereocenters. The summed E-state index contributed by atoms with van der Waals surface area (Å²) in [4.78, 5) is 10.9. The van der Waals surface area contributed by atoms with E-state index in [2.05, 4.69) is 0 Å². The fourth-order valence-electron chi connectivity index (χ4n) is 0.878. The van der Waals surface area contributed by atoms with Gasteiger partial charge in [-0.15, -0.1) is 0 Å². The van der Waals surface area contributed by atoms with Gasteiger partial charge in [0, 0.05) is 6.54 Å². The maximum absolute atomic E-state index is 10.9. The second-order valence-corrected chi connectivity index (χ2v) is 3.93. The lowest BCUT2D eigenvalue weighted by Gasteiger charge is -2.39. The van der Waals surface area contributed by atoms with E-state index in [1.54, 1.807) is 6.92 Å². The molecule has 0 heterocycles. The first kappa shape index (κ1) is 11.4. The Labute approximate surface area is 72.9 Å². The SMILES string of the molecule is CC(C)(CN)C(C)(CN)C(=O)O. The van der Waals surface area contributed by atoms with Crippen LogP contribution in [0, 0.1) is 10.8 Å². The second-order valence-electron chi connectivity index (χ2n) is 3.93. The zero-order chi connectivity index (χ0) is 9.99. The van der Waals surface area contributed by atoms with Gasteiger partial charge in [-0.25, -0.2) is 0 Å². The first-order chi connectivity index (χ1) is 5.31. The van der Waals surface area contributed by atoms with Crippen molar-refractivity contribution in [3.63, 3.8) is 0 Å². The van der Waals surface area contributed by atoms with Crippen molar-refractivity contribution in [2.24, 2.45) is 22.3 Å². The zero-order valence-electron chi connectivity index (χ0n) is 7.92. The van der Waals surface area contributed by atoms with Crippen LogP contribution in [0.1, 0.15) is 20.8 Å². The molecule has 0 saturated carbocycles. The summed E-state index contributed by atoms with van der Waals surface area (Å²) in [5.41, 5.74) is 9.50. The van der Waals surface area contributed by atoms with Gasteiger partial charge in [-0.1, -0.05) is 13.8 Å². The van der Waals surface area contributed by atoms with E-state index in [1.165, 1.54) is 0 Å². The first-order valence-corrected chi connectivity index (χ1v) is 3.95. The van der Waals surface area contributed by atoms with Crippen LogP contribution in [0.25, 0.3) is 0 Å². The fraction of sp³-hybridized carbons (Fsp3) is 0.875. The molecule has 0 aromatic carbocycles. The Morgan fingerprint density at radius 2 is 1.67 bits per heavy atom. The highest BCUT2D eigenvalue weighted by Gasteiger charge is 2.45. The molecule has 0 rings (SSSR count). The minimum Gasteiger partial charge on any atom is -0.481 e. The average molecular weight is 174 g/mol. The van der Waals surface area contributed by atoms with Crippen LogP contribution in [-0.4, -0.2) is 24.2 Å². The summed E-state index contributed by atoms with van der Waals surface area (Å²) >= 11 is 0. The van der Waals surface area contributed by atoms with Crippen molar-refractivity contribution in [1.29, 1.82) is 0 Å². The molecule has 4 nitrogen and oxygen atoms in total. The lowest BCUT2D eigenvalue weighted by atomic mass is 9.66. The Kier molecular flexibility index (Phi) is 3.24. The van der Waals surface area contributed by atoms with E-state index in [1.807, 2.05) is 13.8 Å². The molecule has 0 saturated heterocycles. The molecule has 1 atom stereocenters. The molecule has 12 heavy (non-hydrogen) atoms. The average Bonchev–Trinajstić information content (AvgIpc) is 2.02. The van der Waals surface area contributed by atoms with Gasteiger partial charge in [-0.2, -0.15) is 0 Å². The monoisotopic (exact) mass is 174 g/mol. The number of carboxylic acid groups (broad SMARTS) is 1. The third kappa shape index (κ3) is 1.59. The molecular formula is C8H18N2O2. The summed E-state index contributed by atoms with van der Waals surface area (Å²) in [5.74, 6) is -0.888. The quantitative estimate of drug-likeness (QED) is 0.560. The van der Waals surface area contributed by atoms with Gasteiger partial charge in [0.05, 0.1) is 5.41 Å². The van der Waals surface area contributed by atoms with Crippen molar-refractivity contribution < 1.29 is 9.90 Å². The first-order valence-electron chi connectivity index (χ1n) is 3.95. The van der Waals surface area contributed by atoms with Crippen LogP contribution in [0.4, 0.5) is 0 Å². The van der Waals surface area contributed by atoms with Crippen molar-refractivity contribution in [2.75, 3.05) is 13.1 Å². The van der Waals surface area contributed by atoms with Crippen LogP contribution in [0.2, 0.25) is 0 Å². The van der Waals surface area contributed by atoms with Crippen LogP contribution in [0.15, 0.2) is 0 Å².